The maximum absolute atomic E-state index is 12.2. The van der Waals surface area contributed by atoms with Crippen LogP contribution in [0.3, 0.4) is 0 Å². The number of carbonyl (C=O) groups is 2. The number of carbonyl (C=O) groups excluding carboxylic acids is 1. The maximum atomic E-state index is 12.2. The number of phenols is 1. The summed E-state index contributed by atoms with van der Waals surface area (Å²) in [5.41, 5.74) is 14.3. The van der Waals surface area contributed by atoms with Crippen molar-refractivity contribution >= 4 is 40.9 Å². The van der Waals surface area contributed by atoms with Gasteiger partial charge < -0.3 is 41.4 Å². The summed E-state index contributed by atoms with van der Waals surface area (Å²) in [5, 5.41) is 30.7. The molecule has 7 N–H and O–H groups in total. The molecule has 1 aliphatic rings. The predicted molar refractivity (Wildman–Crippen MR) is 174 cm³/mol. The quantitative estimate of drug-likeness (QED) is 0.0654. The summed E-state index contributed by atoms with van der Waals surface area (Å²) in [5.74, 6) is 0.520. The number of aromatic nitrogens is 2. The summed E-state index contributed by atoms with van der Waals surface area (Å²) in [7, 11) is 1.59. The van der Waals surface area contributed by atoms with Crippen molar-refractivity contribution in [2.75, 3.05) is 44.1 Å². The van der Waals surface area contributed by atoms with Crippen molar-refractivity contribution in [3.8, 4) is 16.9 Å². The summed E-state index contributed by atoms with van der Waals surface area (Å²) in [6.07, 6.45) is 5.28. The van der Waals surface area contributed by atoms with E-state index >= 15 is 0 Å². The first-order chi connectivity index (χ1) is 21.8. The smallest absolute Gasteiger partial charge is 0.319 e. The van der Waals surface area contributed by atoms with Gasteiger partial charge >= 0.3 is 6.03 Å². The number of hydrogen-bond acceptors (Lipinski definition) is 8. The Morgan fingerprint density at radius 1 is 1.27 bits per heavy atom. The number of fused-ring (bicyclic) bond motifs is 1. The average molecular weight is 618 g/mol. The average Bonchev–Trinajstić information content (AvgIpc) is 3.69. The summed E-state index contributed by atoms with van der Waals surface area (Å²) < 4.78 is 12.4. The number of methoxy groups -OCH3 is 1. The molecule has 0 aliphatic carbocycles. The van der Waals surface area contributed by atoms with Gasteiger partial charge in [0.2, 0.25) is 0 Å². The number of nitrogens with two attached hydrogens (primary N) is 1. The van der Waals surface area contributed by atoms with Crippen LogP contribution >= 0.6 is 0 Å². The van der Waals surface area contributed by atoms with Gasteiger partial charge in [0.25, 0.3) is 6.47 Å². The highest BCUT2D eigenvalue weighted by molar-refractivity contribution is 6.06. The van der Waals surface area contributed by atoms with Gasteiger partial charge in [-0.25, -0.2) is 14.3 Å². The number of urea groups is 1. The Labute approximate surface area is 261 Å². The normalized spacial score (nSPS) is 14.5. The van der Waals surface area contributed by atoms with Crippen LogP contribution in [0.15, 0.2) is 59.9 Å². The summed E-state index contributed by atoms with van der Waals surface area (Å²) in [6.45, 7) is 5.94. The van der Waals surface area contributed by atoms with E-state index in [0.29, 0.717) is 55.6 Å². The molecule has 1 fully saturated rings. The number of carboxylic acid groups (broad SMARTS) is 1. The minimum atomic E-state index is -0.283. The molecule has 2 amide bonds. The van der Waals surface area contributed by atoms with Crippen LogP contribution in [0, 0.1) is 6.92 Å². The zero-order valence-electron chi connectivity index (χ0n) is 25.5. The minimum Gasteiger partial charge on any atom is -0.508 e. The van der Waals surface area contributed by atoms with Gasteiger partial charge in [-0.1, -0.05) is 13.0 Å². The zero-order chi connectivity index (χ0) is 32.3. The van der Waals surface area contributed by atoms with E-state index in [4.69, 9.17) is 30.1 Å². The summed E-state index contributed by atoms with van der Waals surface area (Å²) in [4.78, 5) is 25.3. The number of aromatic hydroxyl groups is 1. The number of anilines is 2. The molecule has 0 saturated carbocycles. The van der Waals surface area contributed by atoms with Crippen molar-refractivity contribution in [3.05, 3.63) is 71.5 Å². The number of amides is 2. The minimum absolute atomic E-state index is 0.128. The van der Waals surface area contributed by atoms with E-state index in [2.05, 4.69) is 27.1 Å². The molecular formula is C32H39N7O6. The number of benzene rings is 2. The molecular weight excluding hydrogens is 578 g/mol. The molecule has 0 unspecified atom stereocenters. The van der Waals surface area contributed by atoms with Crippen LogP contribution in [0.5, 0.6) is 5.75 Å². The molecule has 13 heteroatoms. The van der Waals surface area contributed by atoms with E-state index in [0.717, 1.165) is 39.9 Å². The second kappa shape index (κ2) is 15.5. The molecule has 3 heterocycles. The molecule has 4 aromatic rings. The van der Waals surface area contributed by atoms with Gasteiger partial charge in [0.05, 0.1) is 47.9 Å². The second-order valence-corrected chi connectivity index (χ2v) is 10.4. The lowest BCUT2D eigenvalue weighted by Gasteiger charge is -2.17. The van der Waals surface area contributed by atoms with Gasteiger partial charge in [-0.05, 0) is 72.9 Å². The molecule has 2 aromatic carbocycles. The first-order valence-electron chi connectivity index (χ1n) is 14.5. The van der Waals surface area contributed by atoms with Crippen LogP contribution in [0.25, 0.3) is 16.6 Å². The first-order valence-corrected chi connectivity index (χ1v) is 14.5. The zero-order valence-corrected chi connectivity index (χ0v) is 25.5. The third-order valence-electron chi connectivity index (χ3n) is 7.26. The lowest BCUT2D eigenvalue weighted by atomic mass is 10.0. The number of aryl methyl sites for hydroxylation is 2. The Morgan fingerprint density at radius 2 is 2.07 bits per heavy atom. The van der Waals surface area contributed by atoms with Crippen molar-refractivity contribution in [1.29, 1.82) is 0 Å². The molecule has 0 bridgehead atoms. The van der Waals surface area contributed by atoms with E-state index in [9.17, 15) is 9.90 Å². The van der Waals surface area contributed by atoms with Gasteiger partial charge in [0.15, 0.2) is 0 Å². The Balaban J connectivity index is 0.00000148. The van der Waals surface area contributed by atoms with Crippen LogP contribution < -0.4 is 21.7 Å². The number of rotatable bonds is 10. The molecule has 1 atom stereocenters. The Morgan fingerprint density at radius 3 is 2.76 bits per heavy atom. The number of nitrogens with one attached hydrogen (secondary N) is 3. The molecule has 0 spiro atoms. The molecule has 0 radical (unpaired) electrons. The fourth-order valence-electron chi connectivity index (χ4n) is 5.06. The fourth-order valence-corrected chi connectivity index (χ4v) is 5.06. The fraction of sp³-hybridized carbons (Fsp3) is 0.312. The van der Waals surface area contributed by atoms with Gasteiger partial charge in [-0.15, -0.1) is 0 Å². The van der Waals surface area contributed by atoms with Gasteiger partial charge in [0, 0.05) is 37.7 Å². The lowest BCUT2D eigenvalue weighted by Crippen LogP contribution is -2.31. The maximum Gasteiger partial charge on any atom is 0.319 e. The number of phenolic OH excluding ortho intramolecular Hbond substituents is 1. The Bertz CT molecular complexity index is 1660. The number of ether oxygens (including phenoxy) is 2. The van der Waals surface area contributed by atoms with Gasteiger partial charge in [-0.3, -0.25) is 4.79 Å². The molecule has 1 saturated heterocycles. The number of hydrogen-bond donors (Lipinski definition) is 6. The highest BCUT2D eigenvalue weighted by Crippen LogP contribution is 2.33. The van der Waals surface area contributed by atoms with Crippen LogP contribution in [-0.4, -0.2) is 77.7 Å². The monoisotopic (exact) mass is 617 g/mol. The van der Waals surface area contributed by atoms with E-state index in [-0.39, 0.29) is 24.3 Å². The molecule has 13 nitrogen and oxygen atoms in total. The first kappa shape index (κ1) is 32.8. The van der Waals surface area contributed by atoms with Crippen LogP contribution in [0.1, 0.15) is 30.0 Å². The molecule has 5 rings (SSSR count). The van der Waals surface area contributed by atoms with Gasteiger partial charge in [-0.2, -0.15) is 5.10 Å². The predicted octanol–water partition coefficient (Wildman–Crippen LogP) is 4.28. The van der Waals surface area contributed by atoms with E-state index in [1.807, 2.05) is 42.8 Å². The number of nitrogens with zero attached hydrogens (tertiary/aromatic N) is 3. The van der Waals surface area contributed by atoms with E-state index < -0.39 is 0 Å². The second-order valence-electron chi connectivity index (χ2n) is 10.4. The highest BCUT2D eigenvalue weighted by atomic mass is 16.5. The molecule has 238 valence electrons. The summed E-state index contributed by atoms with van der Waals surface area (Å²) >= 11 is 0. The topological polar surface area (TPSA) is 185 Å². The third-order valence-corrected chi connectivity index (χ3v) is 7.26. The molecule has 2 aromatic heterocycles. The summed E-state index contributed by atoms with van der Waals surface area (Å²) in [6, 6.07) is 12.8. The SMILES string of the molecule is CCc1cc(O)ccc1N=C(N)c1cnn2cc(-c3ccc(NC(=O)NCCOC)cc3C)cc2c1N[C@H]1CCOC1.O=CO. The van der Waals surface area contributed by atoms with Crippen molar-refractivity contribution in [2.45, 2.75) is 32.7 Å². The van der Waals surface area contributed by atoms with Crippen LogP contribution in [0.4, 0.5) is 21.9 Å². The Hall–Kier alpha value is -5.14. The van der Waals surface area contributed by atoms with Crippen molar-refractivity contribution in [1.82, 2.24) is 14.9 Å². The van der Waals surface area contributed by atoms with E-state index in [1.165, 1.54) is 0 Å². The van der Waals surface area contributed by atoms with Crippen molar-refractivity contribution < 1.29 is 29.3 Å². The molecule has 1 aliphatic heterocycles. The van der Waals surface area contributed by atoms with E-state index in [1.54, 1.807) is 31.5 Å². The van der Waals surface area contributed by atoms with Crippen molar-refractivity contribution in [3.63, 3.8) is 0 Å². The van der Waals surface area contributed by atoms with Crippen molar-refractivity contribution in [2.24, 2.45) is 10.7 Å². The number of aliphatic imine (C=N–C) groups is 1. The van der Waals surface area contributed by atoms with Crippen LogP contribution in [-0.2, 0) is 20.7 Å². The Kier molecular flexibility index (Phi) is 11.3. The molecule has 45 heavy (non-hydrogen) atoms. The lowest BCUT2D eigenvalue weighted by molar-refractivity contribution is -0.122. The highest BCUT2D eigenvalue weighted by Gasteiger charge is 2.21. The largest absolute Gasteiger partial charge is 0.508 e. The standard InChI is InChI=1S/C31H37N7O4.CH2O2/c1-4-20-14-24(39)6-8-27(20)37-30(32)26-16-34-38-17-21(15-28(38)29(26)35-23-9-11-42-18-23)25-7-5-22(13-19(25)2)36-31(40)33-10-12-41-3;2-1-3/h5-8,13-17,23,35,39H,4,9-12,18H2,1-3H3,(H2,32,37)(H2,33,36,40);1H,(H,2,3)/t23-;/m0./s1. The van der Waals surface area contributed by atoms with Gasteiger partial charge in [0.1, 0.15) is 11.6 Å². The van der Waals surface area contributed by atoms with Crippen LogP contribution in [0.2, 0.25) is 0 Å². The number of amidine groups is 1. The third kappa shape index (κ3) is 8.28.